The van der Waals surface area contributed by atoms with Gasteiger partial charge in [-0.05, 0) is 79.6 Å². The molecular weight excluding hydrogens is 326 g/mol. The number of hydrogen-bond donors (Lipinski definition) is 0. The van der Waals surface area contributed by atoms with E-state index in [0.29, 0.717) is 5.41 Å². The number of hydrogen-bond acceptors (Lipinski definition) is 1. The third-order valence-electron chi connectivity index (χ3n) is 7.29. The molecule has 1 unspecified atom stereocenters. The summed E-state index contributed by atoms with van der Waals surface area (Å²) >= 11 is 6.08. The molecule has 0 aromatic heterocycles. The van der Waals surface area contributed by atoms with E-state index in [1.165, 1.54) is 56.2 Å². The summed E-state index contributed by atoms with van der Waals surface area (Å²) in [6.07, 6.45) is 8.19. The molecule has 1 heterocycles. The monoisotopic (exact) mass is 351 g/mol. The number of likely N-dealkylation sites (N-methyl/N-ethyl adjacent to an activating group) is 1. The molecular formula is C23H26ClN. The highest BCUT2D eigenvalue weighted by Gasteiger charge is 2.52. The topological polar surface area (TPSA) is 3.24 Å². The highest BCUT2D eigenvalue weighted by atomic mass is 35.5. The maximum absolute atomic E-state index is 6.08. The van der Waals surface area contributed by atoms with Crippen molar-refractivity contribution >= 4 is 11.6 Å². The van der Waals surface area contributed by atoms with Crippen molar-refractivity contribution in [1.82, 2.24) is 4.90 Å². The van der Waals surface area contributed by atoms with E-state index >= 15 is 0 Å². The van der Waals surface area contributed by atoms with E-state index in [0.717, 1.165) is 17.0 Å². The lowest BCUT2D eigenvalue weighted by Crippen LogP contribution is -2.59. The van der Waals surface area contributed by atoms with Crippen LogP contribution in [0.25, 0.3) is 11.1 Å². The summed E-state index contributed by atoms with van der Waals surface area (Å²) in [4.78, 5) is 2.64. The van der Waals surface area contributed by atoms with Crippen molar-refractivity contribution < 1.29 is 0 Å². The highest BCUT2D eigenvalue weighted by molar-refractivity contribution is 6.30. The molecule has 2 bridgehead atoms. The lowest BCUT2D eigenvalue weighted by molar-refractivity contribution is 0.00290. The minimum absolute atomic E-state index is 0.436. The average molecular weight is 352 g/mol. The Morgan fingerprint density at radius 1 is 1.00 bits per heavy atom. The Balaban J connectivity index is 1.64. The van der Waals surface area contributed by atoms with Crippen LogP contribution in [0.2, 0.25) is 5.02 Å². The fourth-order valence-corrected chi connectivity index (χ4v) is 6.14. The van der Waals surface area contributed by atoms with Gasteiger partial charge >= 0.3 is 0 Å². The number of benzene rings is 2. The smallest absolute Gasteiger partial charge is 0.0406 e. The van der Waals surface area contributed by atoms with Crippen LogP contribution in [0.3, 0.4) is 0 Å². The molecule has 2 aliphatic carbocycles. The van der Waals surface area contributed by atoms with Crippen LogP contribution in [0.15, 0.2) is 42.5 Å². The fraction of sp³-hybridized carbons (Fsp3) is 0.478. The number of halogens is 1. The van der Waals surface area contributed by atoms with E-state index in [9.17, 15) is 0 Å². The van der Waals surface area contributed by atoms with Crippen molar-refractivity contribution in [2.75, 3.05) is 13.6 Å². The number of fused-ring (bicyclic) bond motifs is 1. The molecule has 2 fully saturated rings. The first kappa shape index (κ1) is 15.9. The summed E-state index contributed by atoms with van der Waals surface area (Å²) in [6, 6.07) is 16.3. The van der Waals surface area contributed by atoms with Gasteiger partial charge in [-0.3, -0.25) is 0 Å². The molecule has 130 valence electrons. The van der Waals surface area contributed by atoms with Crippen LogP contribution in [-0.2, 0) is 11.8 Å². The quantitative estimate of drug-likeness (QED) is 0.637. The second-order valence-electron chi connectivity index (χ2n) is 8.39. The largest absolute Gasteiger partial charge is 0.303 e. The van der Waals surface area contributed by atoms with Gasteiger partial charge in [-0.25, -0.2) is 0 Å². The van der Waals surface area contributed by atoms with Crippen molar-refractivity contribution in [3.8, 4) is 11.1 Å². The molecule has 5 rings (SSSR count). The van der Waals surface area contributed by atoms with Gasteiger partial charge in [-0.15, -0.1) is 0 Å². The van der Waals surface area contributed by atoms with Gasteiger partial charge in [0.1, 0.15) is 0 Å². The van der Waals surface area contributed by atoms with E-state index in [2.05, 4.69) is 42.3 Å². The summed E-state index contributed by atoms with van der Waals surface area (Å²) in [5.74, 6) is 0.855. The lowest BCUT2D eigenvalue weighted by atomic mass is 9.52. The van der Waals surface area contributed by atoms with E-state index in [1.807, 2.05) is 12.1 Å². The molecule has 1 saturated heterocycles. The maximum Gasteiger partial charge on any atom is 0.0406 e. The third kappa shape index (κ3) is 2.39. The van der Waals surface area contributed by atoms with Gasteiger partial charge in [0, 0.05) is 16.5 Å². The van der Waals surface area contributed by atoms with Crippen molar-refractivity contribution in [3.05, 3.63) is 58.6 Å². The van der Waals surface area contributed by atoms with Crippen LogP contribution in [0.4, 0.5) is 0 Å². The van der Waals surface area contributed by atoms with E-state index in [-0.39, 0.29) is 0 Å². The van der Waals surface area contributed by atoms with Crippen LogP contribution >= 0.6 is 11.6 Å². The first-order valence-corrected chi connectivity index (χ1v) is 10.1. The third-order valence-corrected chi connectivity index (χ3v) is 7.54. The van der Waals surface area contributed by atoms with Gasteiger partial charge in [-0.1, -0.05) is 54.8 Å². The average Bonchev–Trinajstić information content (AvgIpc) is 2.65. The minimum Gasteiger partial charge on any atom is -0.303 e. The highest BCUT2D eigenvalue weighted by Crippen LogP contribution is 2.55. The number of likely N-dealkylation sites (tertiary alicyclic amines) is 1. The lowest BCUT2D eigenvalue weighted by Gasteiger charge is -2.58. The number of piperidine rings is 1. The normalized spacial score (nSPS) is 31.3. The predicted molar refractivity (Wildman–Crippen MR) is 105 cm³/mol. The fourth-order valence-electron chi connectivity index (χ4n) is 6.02. The standard InChI is InChI=1S/C23H26ClN/c1-25-13-12-23-11-3-2-4-20(23)22(25)15-18-6-5-17(14-21(18)23)16-7-9-19(24)10-8-16/h5-10,14,20,22H,2-4,11-13,15H2,1H3/t20-,22+,23?/m1/s1. The molecule has 2 aromatic carbocycles. The van der Waals surface area contributed by atoms with Gasteiger partial charge in [-0.2, -0.15) is 0 Å². The SMILES string of the molecule is CN1CCC23CCCC[C@@H]2[C@@H]1Cc1ccc(-c2ccc(Cl)cc2)cc13. The Hall–Kier alpha value is -1.31. The summed E-state index contributed by atoms with van der Waals surface area (Å²) in [5, 5.41) is 0.811. The summed E-state index contributed by atoms with van der Waals surface area (Å²) in [5.41, 5.74) is 6.35. The first-order valence-electron chi connectivity index (χ1n) is 9.77. The minimum atomic E-state index is 0.436. The molecule has 1 nitrogen and oxygen atoms in total. The molecule has 3 atom stereocenters. The zero-order chi connectivity index (χ0) is 17.0. The Bertz CT molecular complexity index is 796. The molecule has 0 radical (unpaired) electrons. The van der Waals surface area contributed by atoms with Gasteiger partial charge < -0.3 is 4.90 Å². The van der Waals surface area contributed by atoms with Crippen LogP contribution in [-0.4, -0.2) is 24.5 Å². The van der Waals surface area contributed by atoms with Crippen molar-refractivity contribution in [1.29, 1.82) is 0 Å². The molecule has 25 heavy (non-hydrogen) atoms. The van der Waals surface area contributed by atoms with Gasteiger partial charge in [0.2, 0.25) is 0 Å². The van der Waals surface area contributed by atoms with Crippen molar-refractivity contribution in [3.63, 3.8) is 0 Å². The van der Waals surface area contributed by atoms with E-state index < -0.39 is 0 Å². The Labute approximate surface area is 156 Å². The predicted octanol–water partition coefficient (Wildman–Crippen LogP) is 5.70. The van der Waals surface area contributed by atoms with Gasteiger partial charge in [0.15, 0.2) is 0 Å². The zero-order valence-corrected chi connectivity index (χ0v) is 15.7. The molecule has 0 spiro atoms. The molecule has 2 heteroatoms. The van der Waals surface area contributed by atoms with E-state index in [4.69, 9.17) is 11.6 Å². The van der Waals surface area contributed by atoms with Crippen LogP contribution in [0.5, 0.6) is 0 Å². The van der Waals surface area contributed by atoms with Crippen LogP contribution in [0, 0.1) is 5.92 Å². The Morgan fingerprint density at radius 3 is 2.64 bits per heavy atom. The molecule has 0 N–H and O–H groups in total. The second kappa shape index (κ2) is 5.86. The molecule has 1 saturated carbocycles. The Kier molecular flexibility index (Phi) is 3.73. The molecule has 1 aliphatic heterocycles. The molecule has 3 aliphatic rings. The van der Waals surface area contributed by atoms with Crippen molar-refractivity contribution in [2.45, 2.75) is 50.0 Å². The number of rotatable bonds is 1. The van der Waals surface area contributed by atoms with Gasteiger partial charge in [0.05, 0.1) is 0 Å². The van der Waals surface area contributed by atoms with E-state index in [1.54, 1.807) is 11.1 Å². The summed E-state index contributed by atoms with van der Waals surface area (Å²) in [7, 11) is 2.34. The van der Waals surface area contributed by atoms with Crippen LogP contribution < -0.4 is 0 Å². The van der Waals surface area contributed by atoms with Crippen molar-refractivity contribution in [2.24, 2.45) is 5.92 Å². The zero-order valence-electron chi connectivity index (χ0n) is 15.0. The first-order chi connectivity index (χ1) is 12.2. The molecule has 2 aromatic rings. The maximum atomic E-state index is 6.08. The summed E-state index contributed by atoms with van der Waals surface area (Å²) in [6.45, 7) is 1.26. The molecule has 0 amide bonds. The number of nitrogens with zero attached hydrogens (tertiary/aromatic N) is 1. The summed E-state index contributed by atoms with van der Waals surface area (Å²) < 4.78 is 0. The second-order valence-corrected chi connectivity index (χ2v) is 8.83. The van der Waals surface area contributed by atoms with Crippen LogP contribution in [0.1, 0.15) is 43.2 Å². The Morgan fingerprint density at radius 2 is 1.80 bits per heavy atom. The van der Waals surface area contributed by atoms with Gasteiger partial charge in [0.25, 0.3) is 0 Å².